The van der Waals surface area contributed by atoms with Crippen LogP contribution in [0.25, 0.3) is 11.3 Å². The van der Waals surface area contributed by atoms with Gasteiger partial charge in [-0.1, -0.05) is 60.7 Å². The molecule has 0 spiro atoms. The molecule has 0 fully saturated rings. The van der Waals surface area contributed by atoms with Crippen molar-refractivity contribution in [1.82, 2.24) is 9.29 Å². The molecule has 1 aromatic heterocycles. The van der Waals surface area contributed by atoms with Crippen molar-refractivity contribution < 1.29 is 13.2 Å². The highest BCUT2D eigenvalue weighted by atomic mass is 32.2. The highest BCUT2D eigenvalue weighted by Crippen LogP contribution is 2.24. The minimum Gasteiger partial charge on any atom is -0.325 e. The number of carbonyl (C=O) groups excluding carboxylic acids is 1. The Kier molecular flexibility index (Phi) is 6.98. The quantitative estimate of drug-likeness (QED) is 0.390. The first-order chi connectivity index (χ1) is 15.9. The summed E-state index contributed by atoms with van der Waals surface area (Å²) in [5.41, 5.74) is 3.10. The smallest absolute Gasteiger partial charge is 0.243 e. The lowest BCUT2D eigenvalue weighted by atomic mass is 10.1. The first kappa shape index (κ1) is 22.8. The zero-order valence-electron chi connectivity index (χ0n) is 18.0. The number of rotatable bonds is 8. The zero-order chi connectivity index (χ0) is 23.3. The van der Waals surface area contributed by atoms with E-state index < -0.39 is 15.9 Å². The minimum absolute atomic E-state index is 0.0869. The van der Waals surface area contributed by atoms with Crippen LogP contribution in [0.1, 0.15) is 10.6 Å². The Balaban J connectivity index is 1.55. The Hall–Kier alpha value is -3.33. The maximum atomic E-state index is 13.3. The molecule has 4 rings (SSSR count). The van der Waals surface area contributed by atoms with Gasteiger partial charge in [0.05, 0.1) is 22.1 Å². The number of aryl methyl sites for hydroxylation is 1. The van der Waals surface area contributed by atoms with Crippen LogP contribution in [0.2, 0.25) is 0 Å². The molecule has 0 aliphatic heterocycles. The van der Waals surface area contributed by atoms with Gasteiger partial charge in [-0.05, 0) is 36.8 Å². The van der Waals surface area contributed by atoms with Gasteiger partial charge in [0.1, 0.15) is 0 Å². The monoisotopic (exact) mass is 477 g/mol. The van der Waals surface area contributed by atoms with E-state index in [4.69, 9.17) is 0 Å². The normalized spacial score (nSPS) is 11.5. The molecular formula is C25H23N3O3S2. The van der Waals surface area contributed by atoms with Crippen molar-refractivity contribution in [3.63, 3.8) is 0 Å². The van der Waals surface area contributed by atoms with E-state index in [2.05, 4.69) is 10.3 Å². The van der Waals surface area contributed by atoms with E-state index >= 15 is 0 Å². The Morgan fingerprint density at radius 1 is 0.970 bits per heavy atom. The van der Waals surface area contributed by atoms with Crippen LogP contribution in [0.4, 0.5) is 5.69 Å². The molecule has 33 heavy (non-hydrogen) atoms. The summed E-state index contributed by atoms with van der Waals surface area (Å²) >= 11 is 1.56. The van der Waals surface area contributed by atoms with Crippen LogP contribution in [0, 0.1) is 6.92 Å². The van der Waals surface area contributed by atoms with Gasteiger partial charge in [0.2, 0.25) is 15.9 Å². The number of nitrogens with one attached hydrogen (secondary N) is 1. The maximum Gasteiger partial charge on any atom is 0.243 e. The molecule has 0 saturated heterocycles. The largest absolute Gasteiger partial charge is 0.325 e. The molecule has 0 saturated carbocycles. The lowest BCUT2D eigenvalue weighted by Crippen LogP contribution is -2.37. The van der Waals surface area contributed by atoms with Gasteiger partial charge < -0.3 is 5.32 Å². The van der Waals surface area contributed by atoms with Crippen LogP contribution in [0.3, 0.4) is 0 Å². The summed E-state index contributed by atoms with van der Waals surface area (Å²) in [6.45, 7) is 1.71. The third-order valence-electron chi connectivity index (χ3n) is 4.96. The highest BCUT2D eigenvalue weighted by Gasteiger charge is 2.26. The predicted molar refractivity (Wildman–Crippen MR) is 131 cm³/mol. The van der Waals surface area contributed by atoms with E-state index in [1.807, 2.05) is 60.8 Å². The number of amides is 1. The number of nitrogens with zero attached hydrogens (tertiary/aromatic N) is 2. The lowest BCUT2D eigenvalue weighted by molar-refractivity contribution is -0.116. The maximum absolute atomic E-state index is 13.3. The Morgan fingerprint density at radius 3 is 2.33 bits per heavy atom. The summed E-state index contributed by atoms with van der Waals surface area (Å²) in [5, 5.41) is 5.75. The number of anilines is 1. The number of aromatic nitrogens is 1. The summed E-state index contributed by atoms with van der Waals surface area (Å²) in [4.78, 5) is 17.5. The Morgan fingerprint density at radius 2 is 1.67 bits per heavy atom. The van der Waals surface area contributed by atoms with Crippen LogP contribution in [0.5, 0.6) is 0 Å². The first-order valence-electron chi connectivity index (χ1n) is 10.3. The molecule has 8 heteroatoms. The van der Waals surface area contributed by atoms with E-state index in [9.17, 15) is 13.2 Å². The fraction of sp³-hybridized carbons (Fsp3) is 0.120. The van der Waals surface area contributed by atoms with E-state index in [-0.39, 0.29) is 18.0 Å². The van der Waals surface area contributed by atoms with Crippen molar-refractivity contribution in [2.45, 2.75) is 18.4 Å². The summed E-state index contributed by atoms with van der Waals surface area (Å²) in [6, 6.07) is 24.7. The summed E-state index contributed by atoms with van der Waals surface area (Å²) in [7, 11) is -3.87. The average Bonchev–Trinajstić information content (AvgIpc) is 3.26. The minimum atomic E-state index is -3.87. The third-order valence-corrected chi connectivity index (χ3v) is 7.54. The van der Waals surface area contributed by atoms with Gasteiger partial charge in [-0.3, -0.25) is 4.79 Å². The van der Waals surface area contributed by atoms with E-state index in [0.29, 0.717) is 5.69 Å². The van der Waals surface area contributed by atoms with Gasteiger partial charge >= 0.3 is 0 Å². The standard InChI is InChI=1S/C25H23N3O3S2/c1-19-26-24(18-32-19)21-11-8-12-22(15-21)27-25(29)17-28(16-20-9-4-2-5-10-20)33(30,31)23-13-6-3-7-14-23/h2-15,18H,16-17H2,1H3,(H,27,29). The van der Waals surface area contributed by atoms with E-state index in [1.54, 1.807) is 35.6 Å². The van der Waals surface area contributed by atoms with E-state index in [1.165, 1.54) is 16.4 Å². The molecule has 0 unspecified atom stereocenters. The summed E-state index contributed by atoms with van der Waals surface area (Å²) in [6.07, 6.45) is 0. The molecular weight excluding hydrogens is 454 g/mol. The number of carbonyl (C=O) groups is 1. The third kappa shape index (κ3) is 5.73. The van der Waals surface area contributed by atoms with Crippen LogP contribution in [-0.4, -0.2) is 30.2 Å². The number of hydrogen-bond acceptors (Lipinski definition) is 5. The SMILES string of the molecule is Cc1nc(-c2cccc(NC(=O)CN(Cc3ccccc3)S(=O)(=O)c3ccccc3)c2)cs1. The van der Waals surface area contributed by atoms with Gasteiger partial charge in [0.15, 0.2) is 0 Å². The molecule has 0 radical (unpaired) electrons. The Labute approximate surface area is 197 Å². The molecule has 0 bridgehead atoms. The molecule has 3 aromatic carbocycles. The second-order valence-electron chi connectivity index (χ2n) is 7.45. The van der Waals surface area contributed by atoms with Gasteiger partial charge in [-0.2, -0.15) is 4.31 Å². The van der Waals surface area contributed by atoms with Gasteiger partial charge in [-0.15, -0.1) is 11.3 Å². The lowest BCUT2D eigenvalue weighted by Gasteiger charge is -2.22. The zero-order valence-corrected chi connectivity index (χ0v) is 19.6. The highest BCUT2D eigenvalue weighted by molar-refractivity contribution is 7.89. The molecule has 168 valence electrons. The first-order valence-corrected chi connectivity index (χ1v) is 12.7. The number of hydrogen-bond donors (Lipinski definition) is 1. The number of sulfonamides is 1. The molecule has 1 heterocycles. The van der Waals surface area contributed by atoms with Crippen LogP contribution >= 0.6 is 11.3 Å². The van der Waals surface area contributed by atoms with Crippen molar-refractivity contribution in [3.8, 4) is 11.3 Å². The molecule has 6 nitrogen and oxygen atoms in total. The fourth-order valence-electron chi connectivity index (χ4n) is 3.37. The van der Waals surface area contributed by atoms with Crippen LogP contribution < -0.4 is 5.32 Å². The Bertz CT molecular complexity index is 1340. The molecule has 4 aromatic rings. The molecule has 0 atom stereocenters. The topological polar surface area (TPSA) is 79.4 Å². The van der Waals surface area contributed by atoms with E-state index in [0.717, 1.165) is 21.8 Å². The van der Waals surface area contributed by atoms with Crippen LogP contribution in [0.15, 0.2) is 95.2 Å². The second-order valence-corrected chi connectivity index (χ2v) is 10.5. The van der Waals surface area contributed by atoms with Crippen molar-refractivity contribution in [1.29, 1.82) is 0 Å². The van der Waals surface area contributed by atoms with Gasteiger partial charge in [-0.25, -0.2) is 13.4 Å². The molecule has 1 N–H and O–H groups in total. The number of thiazole rings is 1. The van der Waals surface area contributed by atoms with Crippen molar-refractivity contribution in [2.24, 2.45) is 0 Å². The summed E-state index contributed by atoms with van der Waals surface area (Å²) in [5.74, 6) is -0.419. The molecule has 1 amide bonds. The fourth-order valence-corrected chi connectivity index (χ4v) is 5.39. The summed E-state index contributed by atoms with van der Waals surface area (Å²) < 4.78 is 27.8. The second kappa shape index (κ2) is 10.1. The molecule has 0 aliphatic rings. The average molecular weight is 478 g/mol. The van der Waals surface area contributed by atoms with Crippen molar-refractivity contribution >= 4 is 33.0 Å². The molecule has 0 aliphatic carbocycles. The van der Waals surface area contributed by atoms with Crippen LogP contribution in [-0.2, 0) is 21.4 Å². The van der Waals surface area contributed by atoms with Gasteiger partial charge in [0, 0.05) is 23.2 Å². The van der Waals surface area contributed by atoms with Gasteiger partial charge in [0.25, 0.3) is 0 Å². The number of benzene rings is 3. The van der Waals surface area contributed by atoms with Crippen molar-refractivity contribution in [3.05, 3.63) is 101 Å². The van der Waals surface area contributed by atoms with Crippen molar-refractivity contribution in [2.75, 3.05) is 11.9 Å². The predicted octanol–water partition coefficient (Wildman–Crippen LogP) is 4.95.